The average molecular weight is 644 g/mol. The van der Waals surface area contributed by atoms with Gasteiger partial charge in [0.2, 0.25) is 0 Å². The number of aliphatic hydroxyl groups excluding tert-OH is 1. The Hall–Kier alpha value is -3.14. The second-order valence-electron chi connectivity index (χ2n) is 12.3. The molecule has 3 aromatic carbocycles. The molecule has 3 aromatic rings. The molecule has 0 spiro atoms. The highest BCUT2D eigenvalue weighted by molar-refractivity contribution is 8.04. The van der Waals surface area contributed by atoms with Gasteiger partial charge >= 0.3 is 5.97 Å². The van der Waals surface area contributed by atoms with Crippen molar-refractivity contribution in [3.8, 4) is 5.75 Å². The van der Waals surface area contributed by atoms with Gasteiger partial charge in [0.05, 0.1) is 10.6 Å². The number of esters is 1. The molecule has 0 amide bonds. The SMILES string of the molecule is Cc1cc(SC2=C(O)CC(CCc3ccc(O)cc3)(C(C)C)OC2=O)c(C(C)(C)C)cc1NS(=O)(=O)c1ccc(Cl)cc1. The van der Waals surface area contributed by atoms with Gasteiger partial charge in [-0.1, -0.05) is 70.1 Å². The molecule has 0 fully saturated rings. The van der Waals surface area contributed by atoms with Crippen molar-refractivity contribution in [2.45, 2.75) is 81.6 Å². The van der Waals surface area contributed by atoms with E-state index in [-0.39, 0.29) is 33.6 Å². The van der Waals surface area contributed by atoms with E-state index >= 15 is 0 Å². The first kappa shape index (κ1) is 32.8. The van der Waals surface area contributed by atoms with Crippen molar-refractivity contribution in [1.82, 2.24) is 0 Å². The van der Waals surface area contributed by atoms with Crippen LogP contribution < -0.4 is 4.72 Å². The minimum absolute atomic E-state index is 0.0225. The van der Waals surface area contributed by atoms with E-state index in [1.54, 1.807) is 25.1 Å². The number of aryl methyl sites for hydroxylation is 2. The van der Waals surface area contributed by atoms with Gasteiger partial charge in [0.25, 0.3) is 10.0 Å². The zero-order valence-corrected chi connectivity index (χ0v) is 27.6. The van der Waals surface area contributed by atoms with Gasteiger partial charge in [-0.25, -0.2) is 13.2 Å². The minimum Gasteiger partial charge on any atom is -0.511 e. The number of hydrogen-bond donors (Lipinski definition) is 3. The Kier molecular flexibility index (Phi) is 9.50. The molecule has 0 saturated heterocycles. The number of carbonyl (C=O) groups excluding carboxylic acids is 1. The second-order valence-corrected chi connectivity index (χ2v) is 15.5. The van der Waals surface area contributed by atoms with E-state index in [2.05, 4.69) is 4.72 Å². The van der Waals surface area contributed by atoms with Crippen LogP contribution in [0.5, 0.6) is 5.75 Å². The maximum absolute atomic E-state index is 13.5. The Morgan fingerprint density at radius 1 is 1.05 bits per heavy atom. The molecule has 0 saturated carbocycles. The van der Waals surface area contributed by atoms with E-state index < -0.39 is 27.0 Å². The number of phenolic OH excluding ortho intramolecular Hbond substituents is 1. The molecule has 3 N–H and O–H groups in total. The van der Waals surface area contributed by atoms with Crippen LogP contribution in [0.3, 0.4) is 0 Å². The maximum Gasteiger partial charge on any atom is 0.349 e. The van der Waals surface area contributed by atoms with E-state index in [9.17, 15) is 23.4 Å². The number of aliphatic hydroxyl groups is 1. The number of aromatic hydroxyl groups is 1. The summed E-state index contributed by atoms with van der Waals surface area (Å²) in [4.78, 5) is 14.4. The molecule has 230 valence electrons. The van der Waals surface area contributed by atoms with Crippen LogP contribution in [-0.4, -0.2) is 30.2 Å². The molecular weight excluding hydrogens is 606 g/mol. The van der Waals surface area contributed by atoms with Crippen molar-refractivity contribution in [3.63, 3.8) is 0 Å². The molecule has 1 heterocycles. The number of sulfonamides is 1. The molecule has 0 bridgehead atoms. The largest absolute Gasteiger partial charge is 0.511 e. The van der Waals surface area contributed by atoms with E-state index in [1.807, 2.05) is 52.8 Å². The zero-order valence-electron chi connectivity index (χ0n) is 25.2. The molecule has 1 atom stereocenters. The monoisotopic (exact) mass is 643 g/mol. The van der Waals surface area contributed by atoms with E-state index in [1.165, 1.54) is 24.3 Å². The molecule has 0 aromatic heterocycles. The number of phenols is 1. The molecule has 1 unspecified atom stereocenters. The highest BCUT2D eigenvalue weighted by Gasteiger charge is 2.44. The lowest BCUT2D eigenvalue weighted by Gasteiger charge is -2.40. The number of hydrogen-bond acceptors (Lipinski definition) is 7. The Morgan fingerprint density at radius 2 is 1.67 bits per heavy atom. The number of nitrogens with one attached hydrogen (secondary N) is 1. The molecule has 4 rings (SSSR count). The normalized spacial score (nSPS) is 17.7. The predicted octanol–water partition coefficient (Wildman–Crippen LogP) is 8.29. The van der Waals surface area contributed by atoms with Gasteiger partial charge in [-0.15, -0.1) is 0 Å². The van der Waals surface area contributed by atoms with Crippen LogP contribution in [0.1, 0.15) is 64.2 Å². The third-order valence-corrected chi connectivity index (χ3v) is 10.5. The van der Waals surface area contributed by atoms with Crippen molar-refractivity contribution in [2.24, 2.45) is 5.92 Å². The van der Waals surface area contributed by atoms with Crippen molar-refractivity contribution in [1.29, 1.82) is 0 Å². The zero-order chi connectivity index (χ0) is 31.7. The summed E-state index contributed by atoms with van der Waals surface area (Å²) in [5.41, 5.74) is 1.57. The van der Waals surface area contributed by atoms with Gasteiger partial charge < -0.3 is 14.9 Å². The summed E-state index contributed by atoms with van der Waals surface area (Å²) in [5.74, 6) is -0.475. The average Bonchev–Trinajstić information content (AvgIpc) is 2.91. The van der Waals surface area contributed by atoms with Gasteiger partial charge in [0.1, 0.15) is 22.0 Å². The maximum atomic E-state index is 13.5. The Balaban J connectivity index is 1.63. The van der Waals surface area contributed by atoms with Crippen LogP contribution >= 0.6 is 23.4 Å². The summed E-state index contributed by atoms with van der Waals surface area (Å²) in [6.45, 7) is 11.7. The first-order chi connectivity index (χ1) is 20.0. The number of carbonyl (C=O) groups is 1. The van der Waals surface area contributed by atoms with Crippen LogP contribution in [0.2, 0.25) is 5.02 Å². The topological polar surface area (TPSA) is 113 Å². The van der Waals surface area contributed by atoms with E-state index in [0.717, 1.165) is 27.8 Å². The molecule has 0 aliphatic carbocycles. The Labute approximate surface area is 263 Å². The first-order valence-corrected chi connectivity index (χ1v) is 16.7. The molecule has 0 radical (unpaired) electrons. The number of ether oxygens (including phenoxy) is 1. The highest BCUT2D eigenvalue weighted by atomic mass is 35.5. The first-order valence-electron chi connectivity index (χ1n) is 14.1. The molecule has 1 aliphatic heterocycles. The third kappa shape index (κ3) is 7.51. The van der Waals surface area contributed by atoms with Gasteiger partial charge in [0, 0.05) is 16.3 Å². The predicted molar refractivity (Wildman–Crippen MR) is 172 cm³/mol. The molecule has 1 aliphatic rings. The van der Waals surface area contributed by atoms with Crippen LogP contribution in [0.4, 0.5) is 5.69 Å². The summed E-state index contributed by atoms with van der Waals surface area (Å²) in [6, 6.07) is 16.5. The van der Waals surface area contributed by atoms with E-state index in [4.69, 9.17) is 16.3 Å². The van der Waals surface area contributed by atoms with Crippen molar-refractivity contribution >= 4 is 45.0 Å². The standard InChI is InChI=1S/C33H38ClNO6S2/c1-20(2)33(16-15-22-7-11-24(36)12-8-22)19-28(37)30(31(38)41-33)42-29-17-21(3)27(18-26(29)32(4,5)6)35-43(39,40)25-13-9-23(34)10-14-25/h7-14,17-18,20,35-37H,15-16,19H2,1-6H3. The highest BCUT2D eigenvalue weighted by Crippen LogP contribution is 2.46. The van der Waals surface area contributed by atoms with Crippen molar-refractivity contribution in [2.75, 3.05) is 4.72 Å². The number of anilines is 1. The van der Waals surface area contributed by atoms with Gasteiger partial charge in [-0.05, 0) is 96.3 Å². The van der Waals surface area contributed by atoms with Gasteiger partial charge in [-0.2, -0.15) is 0 Å². The number of cyclic esters (lactones) is 1. The van der Waals surface area contributed by atoms with Gasteiger partial charge in [-0.3, -0.25) is 4.72 Å². The van der Waals surface area contributed by atoms with Crippen molar-refractivity contribution in [3.05, 3.63) is 93.0 Å². The number of benzene rings is 3. The molecular formula is C33H38ClNO6S2. The lowest BCUT2D eigenvalue weighted by Crippen LogP contribution is -2.44. The molecule has 10 heteroatoms. The summed E-state index contributed by atoms with van der Waals surface area (Å²) in [5, 5.41) is 21.3. The van der Waals surface area contributed by atoms with Gasteiger partial charge in [0.15, 0.2) is 0 Å². The molecule has 7 nitrogen and oxygen atoms in total. The fourth-order valence-corrected chi connectivity index (χ4v) is 7.50. The van der Waals surface area contributed by atoms with E-state index in [0.29, 0.717) is 29.1 Å². The fourth-order valence-electron chi connectivity index (χ4n) is 5.01. The molecule has 43 heavy (non-hydrogen) atoms. The smallest absolute Gasteiger partial charge is 0.349 e. The van der Waals surface area contributed by atoms with Crippen LogP contribution in [0.15, 0.2) is 81.1 Å². The third-order valence-electron chi connectivity index (χ3n) is 7.75. The summed E-state index contributed by atoms with van der Waals surface area (Å²) >= 11 is 7.07. The number of halogens is 1. The summed E-state index contributed by atoms with van der Waals surface area (Å²) in [7, 11) is -3.87. The summed E-state index contributed by atoms with van der Waals surface area (Å²) < 4.78 is 35.0. The number of thioether (sulfide) groups is 1. The lowest BCUT2D eigenvalue weighted by molar-refractivity contribution is -0.164. The van der Waals surface area contributed by atoms with Crippen LogP contribution in [0, 0.1) is 12.8 Å². The summed E-state index contributed by atoms with van der Waals surface area (Å²) in [6.07, 6.45) is 1.31. The fraction of sp³-hybridized carbons (Fsp3) is 0.364. The Morgan fingerprint density at radius 3 is 2.23 bits per heavy atom. The van der Waals surface area contributed by atoms with Crippen LogP contribution in [0.25, 0.3) is 0 Å². The lowest BCUT2D eigenvalue weighted by atomic mass is 9.80. The van der Waals surface area contributed by atoms with Crippen molar-refractivity contribution < 1.29 is 28.2 Å². The quantitative estimate of drug-likeness (QED) is 0.201. The minimum atomic E-state index is -3.87. The second kappa shape index (κ2) is 12.5. The number of rotatable bonds is 9. The Bertz CT molecular complexity index is 1640. The van der Waals surface area contributed by atoms with Crippen LogP contribution in [-0.2, 0) is 31.4 Å².